The summed E-state index contributed by atoms with van der Waals surface area (Å²) in [7, 11) is 0. The number of hydrogen-bond donors (Lipinski definition) is 2. The zero-order chi connectivity index (χ0) is 12.4. The normalized spacial score (nSPS) is 24.7. The number of piperidine rings is 1. The molecule has 2 rings (SSSR count). The Morgan fingerprint density at radius 2 is 2.24 bits per heavy atom. The van der Waals surface area contributed by atoms with Gasteiger partial charge in [-0.1, -0.05) is 23.7 Å². The zero-order valence-corrected chi connectivity index (χ0v) is 9.97. The van der Waals surface area contributed by atoms with Gasteiger partial charge in [-0.25, -0.2) is 4.79 Å². The van der Waals surface area contributed by atoms with Crippen LogP contribution in [0.25, 0.3) is 0 Å². The predicted octanol–water partition coefficient (Wildman–Crippen LogP) is 2.17. The molecule has 0 aliphatic carbocycles. The van der Waals surface area contributed by atoms with E-state index in [1.54, 1.807) is 6.07 Å². The van der Waals surface area contributed by atoms with E-state index >= 15 is 0 Å². The summed E-state index contributed by atoms with van der Waals surface area (Å²) in [4.78, 5) is 12.0. The Balaban J connectivity index is 2.12. The maximum absolute atomic E-state index is 10.8. The topological polar surface area (TPSA) is 60.8 Å². The second-order valence-electron chi connectivity index (χ2n) is 4.25. The van der Waals surface area contributed by atoms with Crippen molar-refractivity contribution in [3.05, 3.63) is 34.9 Å². The molecule has 0 radical (unpaired) electrons. The monoisotopic (exact) mass is 255 g/mol. The highest BCUT2D eigenvalue weighted by molar-refractivity contribution is 6.30. The number of halogens is 1. The van der Waals surface area contributed by atoms with E-state index in [-0.39, 0.29) is 12.5 Å². The third-order valence-corrected chi connectivity index (χ3v) is 3.36. The largest absolute Gasteiger partial charge is 0.465 e. The summed E-state index contributed by atoms with van der Waals surface area (Å²) in [6.45, 7) is 0.607. The van der Waals surface area contributed by atoms with Gasteiger partial charge in [-0.05, 0) is 24.1 Å². The molecule has 5 heteroatoms. The molecule has 0 aromatic heterocycles. The molecule has 1 aliphatic heterocycles. The number of benzene rings is 1. The molecular weight excluding hydrogens is 242 g/mol. The van der Waals surface area contributed by atoms with Crippen LogP contribution in [-0.2, 0) is 0 Å². The van der Waals surface area contributed by atoms with Crippen LogP contribution in [0.15, 0.2) is 24.3 Å². The fraction of sp³-hybridized carbons (Fsp3) is 0.417. The molecule has 1 heterocycles. The van der Waals surface area contributed by atoms with Gasteiger partial charge in [0.15, 0.2) is 0 Å². The molecule has 2 unspecified atom stereocenters. The Labute approximate surface area is 104 Å². The van der Waals surface area contributed by atoms with Crippen molar-refractivity contribution in [2.24, 2.45) is 0 Å². The first-order valence-electron chi connectivity index (χ1n) is 5.49. The first kappa shape index (κ1) is 12.2. The Kier molecular flexibility index (Phi) is 3.54. The number of aliphatic hydroxyl groups is 1. The third kappa shape index (κ3) is 2.70. The van der Waals surface area contributed by atoms with Crippen molar-refractivity contribution in [3.63, 3.8) is 0 Å². The van der Waals surface area contributed by atoms with Crippen LogP contribution in [0.1, 0.15) is 17.9 Å². The van der Waals surface area contributed by atoms with Crippen molar-refractivity contribution in [2.45, 2.75) is 18.4 Å². The molecule has 1 aliphatic rings. The van der Waals surface area contributed by atoms with Gasteiger partial charge in [0.25, 0.3) is 0 Å². The Bertz CT molecular complexity index is 424. The number of nitrogens with zero attached hydrogens (tertiary/aromatic N) is 1. The van der Waals surface area contributed by atoms with Crippen LogP contribution in [0, 0.1) is 0 Å². The zero-order valence-electron chi connectivity index (χ0n) is 9.21. The van der Waals surface area contributed by atoms with Gasteiger partial charge in [-0.2, -0.15) is 0 Å². The highest BCUT2D eigenvalue weighted by atomic mass is 35.5. The molecule has 1 aromatic carbocycles. The molecular formula is C12H14ClNO3. The van der Waals surface area contributed by atoms with E-state index in [2.05, 4.69) is 0 Å². The molecule has 0 bridgehead atoms. The summed E-state index contributed by atoms with van der Waals surface area (Å²) < 4.78 is 0. The molecule has 17 heavy (non-hydrogen) atoms. The average molecular weight is 256 g/mol. The minimum Gasteiger partial charge on any atom is -0.465 e. The minimum absolute atomic E-state index is 0.0377. The quantitative estimate of drug-likeness (QED) is 0.809. The lowest BCUT2D eigenvalue weighted by Crippen LogP contribution is -2.45. The summed E-state index contributed by atoms with van der Waals surface area (Å²) >= 11 is 5.90. The van der Waals surface area contributed by atoms with E-state index in [0.717, 1.165) is 5.56 Å². The number of carbonyl (C=O) groups is 1. The molecule has 1 aromatic rings. The van der Waals surface area contributed by atoms with E-state index in [9.17, 15) is 9.90 Å². The van der Waals surface area contributed by atoms with Gasteiger partial charge in [-0.3, -0.25) is 0 Å². The van der Waals surface area contributed by atoms with Crippen molar-refractivity contribution in [3.8, 4) is 0 Å². The summed E-state index contributed by atoms with van der Waals surface area (Å²) in [6, 6.07) is 7.36. The fourth-order valence-electron chi connectivity index (χ4n) is 2.23. The van der Waals surface area contributed by atoms with Gasteiger partial charge in [0.05, 0.1) is 12.6 Å². The van der Waals surface area contributed by atoms with Gasteiger partial charge >= 0.3 is 6.09 Å². The van der Waals surface area contributed by atoms with Crippen molar-refractivity contribution in [1.82, 2.24) is 4.90 Å². The van der Waals surface area contributed by atoms with Crippen LogP contribution in [0.4, 0.5) is 4.79 Å². The molecule has 92 valence electrons. The van der Waals surface area contributed by atoms with Crippen molar-refractivity contribution >= 4 is 17.7 Å². The molecule has 0 spiro atoms. The van der Waals surface area contributed by atoms with Crippen LogP contribution < -0.4 is 0 Å². The maximum atomic E-state index is 10.8. The number of amides is 1. The summed E-state index contributed by atoms with van der Waals surface area (Å²) in [5.41, 5.74) is 0.968. The molecule has 1 fully saturated rings. The fourth-order valence-corrected chi connectivity index (χ4v) is 2.43. The van der Waals surface area contributed by atoms with E-state index in [1.807, 2.05) is 18.2 Å². The van der Waals surface area contributed by atoms with Crippen molar-refractivity contribution in [2.75, 3.05) is 13.1 Å². The van der Waals surface area contributed by atoms with Gasteiger partial charge in [0.2, 0.25) is 0 Å². The number of rotatable bonds is 1. The number of aliphatic hydroxyl groups excluding tert-OH is 1. The Morgan fingerprint density at radius 1 is 1.47 bits per heavy atom. The first-order valence-corrected chi connectivity index (χ1v) is 5.87. The molecule has 2 N–H and O–H groups in total. The molecule has 2 atom stereocenters. The van der Waals surface area contributed by atoms with Crippen LogP contribution >= 0.6 is 11.6 Å². The molecule has 1 amide bonds. The van der Waals surface area contributed by atoms with E-state index in [0.29, 0.717) is 18.0 Å². The average Bonchev–Trinajstić information content (AvgIpc) is 2.28. The highest BCUT2D eigenvalue weighted by Gasteiger charge is 2.30. The number of carboxylic acid groups (broad SMARTS) is 1. The molecule has 1 saturated heterocycles. The molecule has 4 nitrogen and oxygen atoms in total. The predicted molar refractivity (Wildman–Crippen MR) is 64.4 cm³/mol. The lowest BCUT2D eigenvalue weighted by Gasteiger charge is -2.34. The van der Waals surface area contributed by atoms with E-state index < -0.39 is 12.2 Å². The minimum atomic E-state index is -0.978. The SMILES string of the molecule is O=C(O)N1CCC(c2cccc(Cl)c2)C(O)C1. The highest BCUT2D eigenvalue weighted by Crippen LogP contribution is 2.29. The third-order valence-electron chi connectivity index (χ3n) is 3.13. The van der Waals surface area contributed by atoms with Crippen LogP contribution in [0.2, 0.25) is 5.02 Å². The van der Waals surface area contributed by atoms with Crippen molar-refractivity contribution in [1.29, 1.82) is 0 Å². The van der Waals surface area contributed by atoms with Gasteiger partial charge in [-0.15, -0.1) is 0 Å². The lowest BCUT2D eigenvalue weighted by atomic mass is 9.87. The Hall–Kier alpha value is -1.26. The number of hydrogen-bond acceptors (Lipinski definition) is 2. The van der Waals surface area contributed by atoms with Crippen LogP contribution in [0.5, 0.6) is 0 Å². The van der Waals surface area contributed by atoms with E-state index in [1.165, 1.54) is 4.90 Å². The maximum Gasteiger partial charge on any atom is 0.407 e. The lowest BCUT2D eigenvalue weighted by molar-refractivity contribution is 0.0504. The van der Waals surface area contributed by atoms with Gasteiger partial charge in [0, 0.05) is 17.5 Å². The van der Waals surface area contributed by atoms with E-state index in [4.69, 9.17) is 16.7 Å². The summed E-state index contributed by atoms with van der Waals surface area (Å²) in [6.07, 6.45) is -1.03. The van der Waals surface area contributed by atoms with Crippen LogP contribution in [0.3, 0.4) is 0 Å². The number of β-amino-alcohol motifs (C(OH)–C–C–N with tert-alkyl or cyclic N) is 1. The van der Waals surface area contributed by atoms with Gasteiger partial charge in [0.1, 0.15) is 0 Å². The van der Waals surface area contributed by atoms with Crippen molar-refractivity contribution < 1.29 is 15.0 Å². The smallest absolute Gasteiger partial charge is 0.407 e. The Morgan fingerprint density at radius 3 is 2.82 bits per heavy atom. The first-order chi connectivity index (χ1) is 8.08. The number of likely N-dealkylation sites (tertiary alicyclic amines) is 1. The second-order valence-corrected chi connectivity index (χ2v) is 4.68. The molecule has 0 saturated carbocycles. The summed E-state index contributed by atoms with van der Waals surface area (Å²) in [5, 5.41) is 19.5. The van der Waals surface area contributed by atoms with Crippen LogP contribution in [-0.4, -0.2) is 40.4 Å². The standard InChI is InChI=1S/C12H14ClNO3/c13-9-3-1-2-8(6-9)10-4-5-14(12(16)17)7-11(10)15/h1-3,6,10-11,15H,4-5,7H2,(H,16,17). The summed E-state index contributed by atoms with van der Waals surface area (Å²) in [5.74, 6) is -0.0377. The van der Waals surface area contributed by atoms with Gasteiger partial charge < -0.3 is 15.1 Å². The second kappa shape index (κ2) is 4.94.